The highest BCUT2D eigenvalue weighted by atomic mass is 16.5. The number of hydrogen-bond donors (Lipinski definition) is 1. The van der Waals surface area contributed by atoms with Crippen LogP contribution < -0.4 is 5.32 Å². The fraction of sp³-hybridized carbons (Fsp3) is 0.929. The average molecular weight is 254 g/mol. The third-order valence-electron chi connectivity index (χ3n) is 4.18. The van der Waals surface area contributed by atoms with Crippen LogP contribution in [0.5, 0.6) is 0 Å². The van der Waals surface area contributed by atoms with E-state index in [-0.39, 0.29) is 16.9 Å². The van der Waals surface area contributed by atoms with Crippen molar-refractivity contribution >= 4 is 5.91 Å². The molecule has 1 amide bonds. The number of carbonyl (C=O) groups is 1. The molecule has 1 N–H and O–H groups in total. The van der Waals surface area contributed by atoms with Crippen LogP contribution in [-0.2, 0) is 9.53 Å². The third kappa shape index (κ3) is 2.86. The third-order valence-corrected chi connectivity index (χ3v) is 4.18. The summed E-state index contributed by atoms with van der Waals surface area (Å²) in [7, 11) is 0. The van der Waals surface area contributed by atoms with E-state index in [2.05, 4.69) is 31.0 Å². The van der Waals surface area contributed by atoms with Gasteiger partial charge in [0.05, 0.1) is 18.6 Å². The molecular weight excluding hydrogens is 228 g/mol. The van der Waals surface area contributed by atoms with Crippen LogP contribution in [0.2, 0.25) is 0 Å². The fourth-order valence-electron chi connectivity index (χ4n) is 2.60. The van der Waals surface area contributed by atoms with Crippen LogP contribution in [0.4, 0.5) is 0 Å². The largest absolute Gasteiger partial charge is 0.379 e. The smallest absolute Gasteiger partial charge is 0.230 e. The van der Waals surface area contributed by atoms with Crippen molar-refractivity contribution in [1.82, 2.24) is 10.2 Å². The van der Waals surface area contributed by atoms with E-state index in [1.165, 1.54) is 6.42 Å². The summed E-state index contributed by atoms with van der Waals surface area (Å²) in [6, 6.07) is 0. The lowest BCUT2D eigenvalue weighted by Crippen LogP contribution is -2.52. The molecule has 2 aliphatic rings. The van der Waals surface area contributed by atoms with Gasteiger partial charge in [-0.15, -0.1) is 0 Å². The van der Waals surface area contributed by atoms with Crippen molar-refractivity contribution in [3.63, 3.8) is 0 Å². The van der Waals surface area contributed by atoms with Crippen molar-refractivity contribution in [2.75, 3.05) is 32.8 Å². The van der Waals surface area contributed by atoms with Crippen molar-refractivity contribution in [2.45, 2.75) is 39.7 Å². The summed E-state index contributed by atoms with van der Waals surface area (Å²) in [5, 5.41) is 3.09. The Labute approximate surface area is 110 Å². The Balaban J connectivity index is 1.74. The number of hydrogen-bond acceptors (Lipinski definition) is 3. The number of rotatable bonds is 3. The van der Waals surface area contributed by atoms with Crippen molar-refractivity contribution in [3.8, 4) is 0 Å². The van der Waals surface area contributed by atoms with Crippen LogP contribution in [0.15, 0.2) is 0 Å². The Morgan fingerprint density at radius 1 is 1.44 bits per heavy atom. The number of ether oxygens (including phenoxy) is 1. The molecule has 0 bridgehead atoms. The van der Waals surface area contributed by atoms with Gasteiger partial charge < -0.3 is 10.1 Å². The van der Waals surface area contributed by atoms with Crippen molar-refractivity contribution in [1.29, 1.82) is 0 Å². The van der Waals surface area contributed by atoms with Gasteiger partial charge in [0.25, 0.3) is 0 Å². The number of likely N-dealkylation sites (tertiary alicyclic amines) is 1. The van der Waals surface area contributed by atoms with Crippen LogP contribution in [0.1, 0.15) is 34.1 Å². The van der Waals surface area contributed by atoms with Crippen LogP contribution in [-0.4, -0.2) is 49.2 Å². The van der Waals surface area contributed by atoms with E-state index in [0.29, 0.717) is 19.1 Å². The standard InChI is InChI=1S/C14H26N2O2/c1-13(2,3)16-6-5-11(8-16)7-15-12(17)14(4)9-18-10-14/h11H,5-10H2,1-4H3,(H,15,17)/t11-/m1/s1. The first-order valence-corrected chi connectivity index (χ1v) is 6.92. The van der Waals surface area contributed by atoms with Crippen LogP contribution in [0, 0.1) is 11.3 Å². The van der Waals surface area contributed by atoms with Gasteiger partial charge in [-0.25, -0.2) is 0 Å². The molecule has 1 atom stereocenters. The summed E-state index contributed by atoms with van der Waals surface area (Å²) in [5.41, 5.74) is -0.0329. The maximum Gasteiger partial charge on any atom is 0.230 e. The molecule has 0 saturated carbocycles. The van der Waals surface area contributed by atoms with Gasteiger partial charge in [0.15, 0.2) is 0 Å². The first-order chi connectivity index (χ1) is 8.31. The minimum Gasteiger partial charge on any atom is -0.379 e. The van der Waals surface area contributed by atoms with E-state index in [1.54, 1.807) is 0 Å². The van der Waals surface area contributed by atoms with E-state index in [1.807, 2.05) is 6.92 Å². The number of nitrogens with one attached hydrogen (secondary N) is 1. The molecule has 2 aliphatic heterocycles. The second kappa shape index (κ2) is 4.82. The molecule has 0 aliphatic carbocycles. The lowest BCUT2D eigenvalue weighted by molar-refractivity contribution is -0.157. The lowest BCUT2D eigenvalue weighted by Gasteiger charge is -2.36. The summed E-state index contributed by atoms with van der Waals surface area (Å²) in [5.74, 6) is 0.751. The van der Waals surface area contributed by atoms with Crippen molar-refractivity contribution in [3.05, 3.63) is 0 Å². The molecule has 0 aromatic rings. The summed E-state index contributed by atoms with van der Waals surface area (Å²) >= 11 is 0. The monoisotopic (exact) mass is 254 g/mol. The van der Waals surface area contributed by atoms with Crippen molar-refractivity contribution in [2.24, 2.45) is 11.3 Å². The van der Waals surface area contributed by atoms with Gasteiger partial charge in [0.1, 0.15) is 0 Å². The van der Waals surface area contributed by atoms with Gasteiger partial charge in [-0.3, -0.25) is 9.69 Å². The highest BCUT2D eigenvalue weighted by molar-refractivity contribution is 5.83. The zero-order chi connectivity index (χ0) is 13.4. The Hall–Kier alpha value is -0.610. The number of nitrogens with zero attached hydrogens (tertiary/aromatic N) is 1. The molecule has 104 valence electrons. The average Bonchev–Trinajstić information content (AvgIpc) is 2.70. The minimum absolute atomic E-state index is 0.156. The fourth-order valence-corrected chi connectivity index (χ4v) is 2.60. The summed E-state index contributed by atoms with van der Waals surface area (Å²) in [6.07, 6.45) is 1.19. The molecule has 4 heteroatoms. The molecule has 2 fully saturated rings. The summed E-state index contributed by atoms with van der Waals surface area (Å²) < 4.78 is 5.12. The first kappa shape index (κ1) is 13.8. The van der Waals surface area contributed by atoms with E-state index in [0.717, 1.165) is 19.6 Å². The molecule has 2 saturated heterocycles. The van der Waals surface area contributed by atoms with Crippen LogP contribution in [0.3, 0.4) is 0 Å². The van der Waals surface area contributed by atoms with E-state index in [9.17, 15) is 4.79 Å². The Morgan fingerprint density at radius 2 is 2.11 bits per heavy atom. The Morgan fingerprint density at radius 3 is 2.56 bits per heavy atom. The second-order valence-electron chi connectivity index (χ2n) is 7.04. The second-order valence-corrected chi connectivity index (χ2v) is 7.04. The molecule has 0 spiro atoms. The van der Waals surface area contributed by atoms with Crippen LogP contribution in [0.25, 0.3) is 0 Å². The summed E-state index contributed by atoms with van der Waals surface area (Å²) in [6.45, 7) is 12.9. The predicted molar refractivity (Wildman–Crippen MR) is 71.4 cm³/mol. The zero-order valence-electron chi connectivity index (χ0n) is 12.1. The van der Waals surface area contributed by atoms with Crippen molar-refractivity contribution < 1.29 is 9.53 Å². The highest BCUT2D eigenvalue weighted by Gasteiger charge is 2.41. The van der Waals surface area contributed by atoms with Gasteiger partial charge >= 0.3 is 0 Å². The molecule has 0 unspecified atom stereocenters. The van der Waals surface area contributed by atoms with Gasteiger partial charge in [0, 0.05) is 18.6 Å². The maximum absolute atomic E-state index is 12.0. The van der Waals surface area contributed by atoms with Gasteiger partial charge in [0.2, 0.25) is 5.91 Å². The lowest BCUT2D eigenvalue weighted by atomic mass is 9.87. The molecule has 0 radical (unpaired) electrons. The minimum atomic E-state index is -0.275. The first-order valence-electron chi connectivity index (χ1n) is 6.92. The molecule has 0 aromatic heterocycles. The molecule has 0 aromatic carbocycles. The van der Waals surface area contributed by atoms with Crippen LogP contribution >= 0.6 is 0 Å². The SMILES string of the molecule is CC1(C(=O)NC[C@H]2CCN(C(C)(C)C)C2)COC1. The molecule has 2 heterocycles. The van der Waals surface area contributed by atoms with E-state index in [4.69, 9.17) is 4.74 Å². The maximum atomic E-state index is 12.0. The van der Waals surface area contributed by atoms with Gasteiger partial charge in [-0.1, -0.05) is 0 Å². The topological polar surface area (TPSA) is 41.6 Å². The van der Waals surface area contributed by atoms with Gasteiger partial charge in [-0.2, -0.15) is 0 Å². The van der Waals surface area contributed by atoms with E-state index < -0.39 is 0 Å². The summed E-state index contributed by atoms with van der Waals surface area (Å²) in [4.78, 5) is 14.5. The molecule has 18 heavy (non-hydrogen) atoms. The zero-order valence-corrected chi connectivity index (χ0v) is 12.1. The van der Waals surface area contributed by atoms with Gasteiger partial charge in [-0.05, 0) is 46.6 Å². The Kier molecular flexibility index (Phi) is 3.70. The normalized spacial score (nSPS) is 27.9. The number of amides is 1. The number of carbonyl (C=O) groups excluding carboxylic acids is 1. The molecule has 2 rings (SSSR count). The molecule has 4 nitrogen and oxygen atoms in total. The molecular formula is C14H26N2O2. The predicted octanol–water partition coefficient (Wildman–Crippen LogP) is 1.26. The Bertz CT molecular complexity index is 318. The highest BCUT2D eigenvalue weighted by Crippen LogP contribution is 2.27. The van der Waals surface area contributed by atoms with E-state index >= 15 is 0 Å². The quantitative estimate of drug-likeness (QED) is 0.824.